The standard InChI is InChI=1S/C26H39N3O4S/c1-17(2)12-13-27-25(30)20-6-4-19(5-7-20)16-28-34(32,33)23-10-11-24-22(15-23)14-18(3)29(24)26(31)21-8-9-21/h10-11,15,17-21,28H,4-9,12-14,16H2,1-3H3,(H,27,30)/t18-,19?,20?/m0/s1. The number of carbonyl (C=O) groups is 2. The van der Waals surface area contributed by atoms with E-state index in [9.17, 15) is 18.0 Å². The molecule has 1 atom stereocenters. The summed E-state index contributed by atoms with van der Waals surface area (Å²) in [4.78, 5) is 27.1. The normalized spacial score (nSPS) is 24.8. The Morgan fingerprint density at radius 3 is 2.38 bits per heavy atom. The Labute approximate surface area is 204 Å². The van der Waals surface area contributed by atoms with Crippen LogP contribution in [0.5, 0.6) is 0 Å². The molecule has 7 nitrogen and oxygen atoms in total. The van der Waals surface area contributed by atoms with Gasteiger partial charge in [0.2, 0.25) is 21.8 Å². The SMILES string of the molecule is CC(C)CCNC(=O)C1CCC(CNS(=O)(=O)c2ccc3c(c2)C[C@H](C)N3C(=O)C2CC2)CC1. The van der Waals surface area contributed by atoms with Crippen LogP contribution in [0.15, 0.2) is 23.1 Å². The van der Waals surface area contributed by atoms with Crippen LogP contribution in [0.3, 0.4) is 0 Å². The molecule has 34 heavy (non-hydrogen) atoms. The van der Waals surface area contributed by atoms with Crippen molar-refractivity contribution in [2.75, 3.05) is 18.0 Å². The molecular weight excluding hydrogens is 450 g/mol. The summed E-state index contributed by atoms with van der Waals surface area (Å²) in [6.45, 7) is 7.43. The maximum Gasteiger partial charge on any atom is 0.240 e. The van der Waals surface area contributed by atoms with Crippen LogP contribution in [0.2, 0.25) is 0 Å². The Morgan fingerprint density at radius 2 is 1.74 bits per heavy atom. The van der Waals surface area contributed by atoms with Gasteiger partial charge in [-0.15, -0.1) is 0 Å². The molecule has 0 bridgehead atoms. The molecule has 2 aliphatic carbocycles. The Morgan fingerprint density at radius 1 is 1.06 bits per heavy atom. The minimum atomic E-state index is -3.62. The summed E-state index contributed by atoms with van der Waals surface area (Å²) in [6.07, 6.45) is 6.90. The second kappa shape index (κ2) is 10.4. The number of fused-ring (bicyclic) bond motifs is 1. The molecular formula is C26H39N3O4S. The van der Waals surface area contributed by atoms with Gasteiger partial charge in [0.05, 0.1) is 4.90 Å². The summed E-state index contributed by atoms with van der Waals surface area (Å²) in [5.74, 6) is 1.31. The average Bonchev–Trinajstić information content (AvgIpc) is 3.59. The predicted octanol–water partition coefficient (Wildman–Crippen LogP) is 3.62. The van der Waals surface area contributed by atoms with Gasteiger partial charge in [0.15, 0.2) is 0 Å². The molecule has 0 radical (unpaired) electrons. The fourth-order valence-electron chi connectivity index (χ4n) is 5.21. The molecule has 2 saturated carbocycles. The highest BCUT2D eigenvalue weighted by Gasteiger charge is 2.39. The summed E-state index contributed by atoms with van der Waals surface area (Å²) in [5, 5.41) is 3.04. The molecule has 4 rings (SSSR count). The van der Waals surface area contributed by atoms with Crippen molar-refractivity contribution in [3.8, 4) is 0 Å². The zero-order chi connectivity index (χ0) is 24.5. The van der Waals surface area contributed by atoms with E-state index >= 15 is 0 Å². The van der Waals surface area contributed by atoms with E-state index in [1.54, 1.807) is 18.2 Å². The summed E-state index contributed by atoms with van der Waals surface area (Å²) >= 11 is 0. The quantitative estimate of drug-likeness (QED) is 0.554. The molecule has 2 fully saturated rings. The van der Waals surface area contributed by atoms with E-state index in [0.29, 0.717) is 18.9 Å². The van der Waals surface area contributed by atoms with Crippen molar-refractivity contribution in [3.63, 3.8) is 0 Å². The first-order valence-corrected chi connectivity index (χ1v) is 14.4. The maximum atomic E-state index is 13.0. The van der Waals surface area contributed by atoms with Crippen LogP contribution in [0, 0.1) is 23.7 Å². The van der Waals surface area contributed by atoms with Gasteiger partial charge in [-0.2, -0.15) is 0 Å². The maximum absolute atomic E-state index is 13.0. The molecule has 0 unspecified atom stereocenters. The third kappa shape index (κ3) is 5.82. The molecule has 188 valence electrons. The number of hydrogen-bond donors (Lipinski definition) is 2. The Balaban J connectivity index is 1.29. The number of nitrogens with one attached hydrogen (secondary N) is 2. The number of rotatable bonds is 9. The van der Waals surface area contributed by atoms with Crippen molar-refractivity contribution in [1.82, 2.24) is 10.0 Å². The molecule has 8 heteroatoms. The van der Waals surface area contributed by atoms with Crippen molar-refractivity contribution in [2.24, 2.45) is 23.7 Å². The lowest BCUT2D eigenvalue weighted by atomic mass is 9.81. The fraction of sp³-hybridized carbons (Fsp3) is 0.692. The first-order valence-electron chi connectivity index (χ1n) is 12.9. The molecule has 1 heterocycles. The largest absolute Gasteiger partial charge is 0.356 e. The summed E-state index contributed by atoms with van der Waals surface area (Å²) in [6, 6.07) is 5.20. The topological polar surface area (TPSA) is 95.6 Å². The molecule has 2 N–H and O–H groups in total. The number of benzene rings is 1. The van der Waals surface area contributed by atoms with Gasteiger partial charge in [-0.1, -0.05) is 13.8 Å². The number of anilines is 1. The summed E-state index contributed by atoms with van der Waals surface area (Å²) in [5.41, 5.74) is 1.78. The molecule has 0 aromatic heterocycles. The number of nitrogens with zero attached hydrogens (tertiary/aromatic N) is 1. The van der Waals surface area contributed by atoms with Gasteiger partial charge >= 0.3 is 0 Å². The second-order valence-corrected chi connectivity index (χ2v) is 12.6. The number of sulfonamides is 1. The van der Waals surface area contributed by atoms with Crippen LogP contribution < -0.4 is 14.9 Å². The Bertz CT molecular complexity index is 1010. The minimum Gasteiger partial charge on any atom is -0.356 e. The van der Waals surface area contributed by atoms with Crippen LogP contribution in [-0.4, -0.2) is 39.4 Å². The zero-order valence-electron chi connectivity index (χ0n) is 20.7. The molecule has 0 spiro atoms. The third-order valence-electron chi connectivity index (χ3n) is 7.54. The van der Waals surface area contributed by atoms with Crippen molar-refractivity contribution >= 4 is 27.5 Å². The number of hydrogen-bond acceptors (Lipinski definition) is 4. The first-order chi connectivity index (χ1) is 16.2. The van der Waals surface area contributed by atoms with E-state index in [1.165, 1.54) is 0 Å². The van der Waals surface area contributed by atoms with Crippen LogP contribution in [-0.2, 0) is 26.0 Å². The smallest absolute Gasteiger partial charge is 0.240 e. The summed E-state index contributed by atoms with van der Waals surface area (Å²) in [7, 11) is -3.62. The molecule has 1 aliphatic heterocycles. The lowest BCUT2D eigenvalue weighted by Gasteiger charge is -2.28. The second-order valence-electron chi connectivity index (χ2n) is 10.9. The van der Waals surface area contributed by atoms with Crippen molar-refractivity contribution < 1.29 is 18.0 Å². The zero-order valence-corrected chi connectivity index (χ0v) is 21.5. The van der Waals surface area contributed by atoms with Gasteiger partial charge < -0.3 is 10.2 Å². The third-order valence-corrected chi connectivity index (χ3v) is 8.96. The molecule has 0 saturated heterocycles. The van der Waals surface area contributed by atoms with E-state index in [4.69, 9.17) is 0 Å². The van der Waals surface area contributed by atoms with Crippen molar-refractivity contribution in [3.05, 3.63) is 23.8 Å². The molecule has 1 aromatic carbocycles. The van der Waals surface area contributed by atoms with Crippen molar-refractivity contribution in [2.45, 2.75) is 83.1 Å². The molecule has 2 amide bonds. The van der Waals surface area contributed by atoms with E-state index in [-0.39, 0.29) is 40.5 Å². The Hall–Kier alpha value is -1.93. The summed E-state index contributed by atoms with van der Waals surface area (Å²) < 4.78 is 28.8. The van der Waals surface area contributed by atoms with Crippen LogP contribution in [0.1, 0.15) is 71.3 Å². The molecule has 3 aliphatic rings. The highest BCUT2D eigenvalue weighted by molar-refractivity contribution is 7.89. The van der Waals surface area contributed by atoms with Gasteiger partial charge in [-0.25, -0.2) is 13.1 Å². The van der Waals surface area contributed by atoms with Crippen molar-refractivity contribution in [1.29, 1.82) is 0 Å². The van der Waals surface area contributed by atoms with Gasteiger partial charge in [-0.3, -0.25) is 9.59 Å². The van der Waals surface area contributed by atoms with E-state index in [0.717, 1.165) is 62.7 Å². The van der Waals surface area contributed by atoms with E-state index in [1.807, 2.05) is 11.8 Å². The van der Waals surface area contributed by atoms with Crippen LogP contribution in [0.25, 0.3) is 0 Å². The first kappa shape index (κ1) is 25.2. The van der Waals surface area contributed by atoms with E-state index in [2.05, 4.69) is 23.9 Å². The highest BCUT2D eigenvalue weighted by Crippen LogP contribution is 2.39. The lowest BCUT2D eigenvalue weighted by molar-refractivity contribution is -0.126. The lowest BCUT2D eigenvalue weighted by Crippen LogP contribution is -2.36. The minimum absolute atomic E-state index is 0.0417. The van der Waals surface area contributed by atoms with Gasteiger partial charge in [-0.05, 0) is 93.9 Å². The Kier molecular flexibility index (Phi) is 7.67. The van der Waals surface area contributed by atoms with Gasteiger partial charge in [0.1, 0.15) is 0 Å². The predicted molar refractivity (Wildman–Crippen MR) is 133 cm³/mol. The van der Waals surface area contributed by atoms with Crippen LogP contribution in [0.4, 0.5) is 5.69 Å². The number of amides is 2. The van der Waals surface area contributed by atoms with Gasteiger partial charge in [0, 0.05) is 36.7 Å². The average molecular weight is 490 g/mol. The van der Waals surface area contributed by atoms with Crippen LogP contribution >= 0.6 is 0 Å². The van der Waals surface area contributed by atoms with E-state index < -0.39 is 10.0 Å². The number of carbonyl (C=O) groups excluding carboxylic acids is 2. The monoisotopic (exact) mass is 489 g/mol. The molecule has 1 aromatic rings. The van der Waals surface area contributed by atoms with Gasteiger partial charge in [0.25, 0.3) is 0 Å². The highest BCUT2D eigenvalue weighted by atomic mass is 32.2. The fourth-order valence-corrected chi connectivity index (χ4v) is 6.37.